The summed E-state index contributed by atoms with van der Waals surface area (Å²) in [6.07, 6.45) is -0.0372. The number of nitrogens with zero attached hydrogens (tertiary/aromatic N) is 1. The number of rotatable bonds is 4. The van der Waals surface area contributed by atoms with E-state index in [1.54, 1.807) is 0 Å². The van der Waals surface area contributed by atoms with Crippen molar-refractivity contribution < 1.29 is 22.3 Å². The zero-order valence-corrected chi connectivity index (χ0v) is 8.68. The second-order valence-electron chi connectivity index (χ2n) is 2.61. The van der Waals surface area contributed by atoms with Gasteiger partial charge in [0.05, 0.1) is 5.75 Å². The highest BCUT2D eigenvalue weighted by Crippen LogP contribution is 2.14. The monoisotopic (exact) mass is 241 g/mol. The van der Waals surface area contributed by atoms with Gasteiger partial charge in [-0.15, -0.1) is 20.9 Å². The van der Waals surface area contributed by atoms with Gasteiger partial charge in [0, 0.05) is 18.7 Å². The van der Waals surface area contributed by atoms with Crippen LogP contribution in [0.1, 0.15) is 12.8 Å². The molecule has 0 saturated carbocycles. The van der Waals surface area contributed by atoms with E-state index < -0.39 is 27.7 Å². The Labute approximate surface area is 85.8 Å². The summed E-state index contributed by atoms with van der Waals surface area (Å²) < 4.78 is 26.3. The molecular weight excluding hydrogens is 234 g/mol. The van der Waals surface area contributed by atoms with Crippen molar-refractivity contribution in [1.82, 2.24) is 5.06 Å². The SMILES string of the molecule is O=C1CCC(=O)N1OS(=O)(=O)CCCl. The Morgan fingerprint density at radius 3 is 2.21 bits per heavy atom. The van der Waals surface area contributed by atoms with Crippen LogP contribution in [-0.4, -0.2) is 36.9 Å². The van der Waals surface area contributed by atoms with Crippen LogP contribution in [0.15, 0.2) is 0 Å². The van der Waals surface area contributed by atoms with Crippen molar-refractivity contribution in [3.05, 3.63) is 0 Å². The fraction of sp³-hybridized carbons (Fsp3) is 0.667. The van der Waals surface area contributed by atoms with Gasteiger partial charge < -0.3 is 0 Å². The maximum Gasteiger partial charge on any atom is 0.289 e. The molecule has 8 heteroatoms. The molecule has 1 aliphatic rings. The molecule has 80 valence electrons. The highest BCUT2D eigenvalue weighted by molar-refractivity contribution is 7.86. The van der Waals surface area contributed by atoms with Gasteiger partial charge in [-0.05, 0) is 0 Å². The number of hydroxylamine groups is 2. The summed E-state index contributed by atoms with van der Waals surface area (Å²) in [5.41, 5.74) is 0. The Kier molecular flexibility index (Phi) is 3.46. The summed E-state index contributed by atoms with van der Waals surface area (Å²) in [5, 5.41) is 0.280. The second kappa shape index (κ2) is 4.24. The third-order valence-electron chi connectivity index (χ3n) is 1.52. The number of hydrogen-bond acceptors (Lipinski definition) is 5. The lowest BCUT2D eigenvalue weighted by molar-refractivity contribution is -0.163. The van der Waals surface area contributed by atoms with Crippen LogP contribution in [0.5, 0.6) is 0 Å². The highest BCUT2D eigenvalue weighted by atomic mass is 35.5. The maximum absolute atomic E-state index is 11.0. The van der Waals surface area contributed by atoms with Crippen LogP contribution in [-0.2, 0) is 24.0 Å². The zero-order valence-electron chi connectivity index (χ0n) is 7.10. The quantitative estimate of drug-likeness (QED) is 0.496. The summed E-state index contributed by atoms with van der Waals surface area (Å²) in [6.45, 7) is 0. The minimum absolute atomic E-state index is 0.0186. The minimum Gasteiger partial charge on any atom is -0.272 e. The molecule has 0 aliphatic carbocycles. The fourth-order valence-electron chi connectivity index (χ4n) is 0.884. The second-order valence-corrected chi connectivity index (χ2v) is 4.66. The van der Waals surface area contributed by atoms with E-state index in [1.807, 2.05) is 0 Å². The standard InChI is InChI=1S/C6H8ClNO5S/c7-3-4-14(11,12)13-8-5(9)1-2-6(8)10/h1-4H2. The summed E-state index contributed by atoms with van der Waals surface area (Å²) in [5.74, 6) is -1.88. The molecule has 1 heterocycles. The molecule has 0 spiro atoms. The summed E-state index contributed by atoms with van der Waals surface area (Å²) in [6, 6.07) is 0. The first kappa shape index (κ1) is 11.4. The van der Waals surface area contributed by atoms with Gasteiger partial charge in [0.1, 0.15) is 0 Å². The molecule has 14 heavy (non-hydrogen) atoms. The molecule has 1 rings (SSSR count). The smallest absolute Gasteiger partial charge is 0.272 e. The molecule has 2 amide bonds. The van der Waals surface area contributed by atoms with Gasteiger partial charge in [0.25, 0.3) is 21.9 Å². The van der Waals surface area contributed by atoms with E-state index >= 15 is 0 Å². The van der Waals surface area contributed by atoms with Crippen LogP contribution in [0.3, 0.4) is 0 Å². The molecular formula is C6H8ClNO5S. The van der Waals surface area contributed by atoms with Crippen molar-refractivity contribution >= 4 is 33.5 Å². The predicted molar refractivity (Wildman–Crippen MR) is 46.7 cm³/mol. The molecule has 0 radical (unpaired) electrons. The van der Waals surface area contributed by atoms with Gasteiger partial charge in [0.2, 0.25) is 0 Å². The lowest BCUT2D eigenvalue weighted by Gasteiger charge is -2.11. The number of hydrogen-bond donors (Lipinski definition) is 0. The predicted octanol–water partition coefficient (Wildman–Crippen LogP) is -0.364. The van der Waals surface area contributed by atoms with Crippen LogP contribution in [0.2, 0.25) is 0 Å². The number of carbonyl (C=O) groups excluding carboxylic acids is 2. The molecule has 0 N–H and O–H groups in total. The molecule has 0 aromatic carbocycles. The summed E-state index contributed by atoms with van der Waals surface area (Å²) in [4.78, 5) is 21.9. The van der Waals surface area contributed by atoms with Crippen LogP contribution < -0.4 is 0 Å². The van der Waals surface area contributed by atoms with E-state index in [1.165, 1.54) is 0 Å². The maximum atomic E-state index is 11.0. The van der Waals surface area contributed by atoms with Gasteiger partial charge in [-0.3, -0.25) is 9.59 Å². The molecule has 0 atom stereocenters. The summed E-state index contributed by atoms with van der Waals surface area (Å²) in [7, 11) is -3.93. The largest absolute Gasteiger partial charge is 0.289 e. The number of imide groups is 1. The Morgan fingerprint density at radius 1 is 1.29 bits per heavy atom. The van der Waals surface area contributed by atoms with Crippen molar-refractivity contribution in [3.63, 3.8) is 0 Å². The van der Waals surface area contributed by atoms with E-state index in [9.17, 15) is 18.0 Å². The molecule has 0 aromatic rings. The average molecular weight is 242 g/mol. The molecule has 1 aliphatic heterocycles. The Bertz CT molecular complexity index is 335. The van der Waals surface area contributed by atoms with E-state index in [0.29, 0.717) is 0 Å². The molecule has 0 aromatic heterocycles. The van der Waals surface area contributed by atoms with Gasteiger partial charge >= 0.3 is 0 Å². The van der Waals surface area contributed by atoms with E-state index in [4.69, 9.17) is 11.6 Å². The normalized spacial score (nSPS) is 17.9. The molecule has 1 saturated heterocycles. The average Bonchev–Trinajstić information content (AvgIpc) is 2.35. The molecule has 0 unspecified atom stereocenters. The first-order valence-electron chi connectivity index (χ1n) is 3.80. The van der Waals surface area contributed by atoms with Gasteiger partial charge in [-0.1, -0.05) is 0 Å². The molecule has 6 nitrogen and oxygen atoms in total. The number of alkyl halides is 1. The van der Waals surface area contributed by atoms with Crippen molar-refractivity contribution in [1.29, 1.82) is 0 Å². The zero-order chi connectivity index (χ0) is 10.8. The first-order chi connectivity index (χ1) is 6.46. The van der Waals surface area contributed by atoms with E-state index in [2.05, 4.69) is 4.28 Å². The van der Waals surface area contributed by atoms with Gasteiger partial charge in [-0.2, -0.15) is 8.42 Å². The van der Waals surface area contributed by atoms with E-state index in [0.717, 1.165) is 0 Å². The number of halogens is 1. The van der Waals surface area contributed by atoms with Gasteiger partial charge in [0.15, 0.2) is 0 Å². The fourth-order valence-corrected chi connectivity index (χ4v) is 2.11. The van der Waals surface area contributed by atoms with Crippen LogP contribution in [0, 0.1) is 0 Å². The lowest BCUT2D eigenvalue weighted by Crippen LogP contribution is -2.33. The number of amides is 2. The third kappa shape index (κ3) is 2.66. The van der Waals surface area contributed by atoms with Crippen molar-refractivity contribution in [2.24, 2.45) is 0 Å². The van der Waals surface area contributed by atoms with Crippen LogP contribution >= 0.6 is 11.6 Å². The highest BCUT2D eigenvalue weighted by Gasteiger charge is 2.34. The third-order valence-corrected chi connectivity index (χ3v) is 3.01. The first-order valence-corrected chi connectivity index (χ1v) is 5.91. The van der Waals surface area contributed by atoms with Crippen LogP contribution in [0.25, 0.3) is 0 Å². The van der Waals surface area contributed by atoms with E-state index in [-0.39, 0.29) is 23.8 Å². The lowest BCUT2D eigenvalue weighted by atomic mass is 10.4. The molecule has 1 fully saturated rings. The topological polar surface area (TPSA) is 80.8 Å². The van der Waals surface area contributed by atoms with Crippen molar-refractivity contribution in [2.75, 3.05) is 11.6 Å². The van der Waals surface area contributed by atoms with Crippen molar-refractivity contribution in [3.8, 4) is 0 Å². The summed E-state index contributed by atoms with van der Waals surface area (Å²) >= 11 is 5.20. The van der Waals surface area contributed by atoms with Crippen LogP contribution in [0.4, 0.5) is 0 Å². The Hall–Kier alpha value is -0.660. The van der Waals surface area contributed by atoms with Crippen molar-refractivity contribution in [2.45, 2.75) is 12.8 Å². The number of carbonyl (C=O) groups is 2. The van der Waals surface area contributed by atoms with Gasteiger partial charge in [-0.25, -0.2) is 0 Å². The minimum atomic E-state index is -3.93. The Morgan fingerprint density at radius 2 is 1.79 bits per heavy atom. The Balaban J connectivity index is 2.68. The molecule has 0 bridgehead atoms.